The number of para-hydroxylation sites is 1. The number of carbonyl (C=O) groups excluding carboxylic acids is 2. The minimum absolute atomic E-state index is 0.0467. The molecule has 3 fully saturated rings. The zero-order valence-electron chi connectivity index (χ0n) is 22.6. The van der Waals surface area contributed by atoms with Crippen molar-refractivity contribution in [2.45, 2.75) is 52.0 Å². The van der Waals surface area contributed by atoms with Crippen molar-refractivity contribution in [2.75, 3.05) is 43.1 Å². The predicted molar refractivity (Wildman–Crippen MR) is 151 cm³/mol. The number of amides is 2. The van der Waals surface area contributed by atoms with Crippen LogP contribution in [0.1, 0.15) is 50.3 Å². The Morgan fingerprint density at radius 3 is 2.50 bits per heavy atom. The van der Waals surface area contributed by atoms with Crippen LogP contribution in [-0.4, -0.2) is 60.6 Å². The zero-order chi connectivity index (χ0) is 26.4. The van der Waals surface area contributed by atoms with Gasteiger partial charge in [-0.25, -0.2) is 0 Å². The van der Waals surface area contributed by atoms with Crippen LogP contribution in [0.3, 0.4) is 0 Å². The van der Waals surface area contributed by atoms with Crippen LogP contribution in [0, 0.1) is 18.3 Å². The number of aryl methyl sites for hydroxylation is 1. The monoisotopic (exact) mass is 514 g/mol. The van der Waals surface area contributed by atoms with E-state index in [0.717, 1.165) is 56.0 Å². The Bertz CT molecular complexity index is 1330. The summed E-state index contributed by atoms with van der Waals surface area (Å²) >= 11 is 0. The number of hydrogen-bond donors (Lipinski definition) is 2. The zero-order valence-corrected chi connectivity index (χ0v) is 22.6. The average Bonchev–Trinajstić information content (AvgIpc) is 3.80. The lowest BCUT2D eigenvalue weighted by molar-refractivity contribution is -0.135. The molecule has 2 aromatic carbocycles. The van der Waals surface area contributed by atoms with Gasteiger partial charge in [0.25, 0.3) is 0 Å². The summed E-state index contributed by atoms with van der Waals surface area (Å²) in [5.41, 5.74) is 5.63. The summed E-state index contributed by atoms with van der Waals surface area (Å²) in [6.45, 7) is 10.0. The van der Waals surface area contributed by atoms with Gasteiger partial charge in [0.2, 0.25) is 11.8 Å². The van der Waals surface area contributed by atoms with E-state index >= 15 is 0 Å². The van der Waals surface area contributed by atoms with E-state index in [1.165, 1.54) is 16.6 Å². The van der Waals surface area contributed by atoms with Crippen LogP contribution in [-0.2, 0) is 14.3 Å². The first kappa shape index (κ1) is 25.0. The van der Waals surface area contributed by atoms with Crippen LogP contribution < -0.4 is 10.2 Å². The number of fused-ring (bicyclic) bond motifs is 1. The molecule has 38 heavy (non-hydrogen) atoms. The third kappa shape index (κ3) is 4.80. The highest BCUT2D eigenvalue weighted by atomic mass is 16.5. The smallest absolute Gasteiger partial charge is 0.244 e. The molecule has 2 N–H and O–H groups in total. The largest absolute Gasteiger partial charge is 0.378 e. The van der Waals surface area contributed by atoms with Crippen LogP contribution in [0.2, 0.25) is 0 Å². The topological polar surface area (TPSA) is 77.7 Å². The van der Waals surface area contributed by atoms with Crippen LogP contribution in [0.25, 0.3) is 10.9 Å². The van der Waals surface area contributed by atoms with Gasteiger partial charge in [-0.2, -0.15) is 0 Å². The Hall–Kier alpha value is -3.32. The summed E-state index contributed by atoms with van der Waals surface area (Å²) in [6, 6.07) is 16.6. The first-order valence-corrected chi connectivity index (χ1v) is 13.9. The molecule has 2 heterocycles. The molecular formula is C31H38N4O3. The number of anilines is 2. The third-order valence-electron chi connectivity index (χ3n) is 8.85. The van der Waals surface area contributed by atoms with E-state index in [0.29, 0.717) is 12.3 Å². The van der Waals surface area contributed by atoms with Crippen LogP contribution in [0.5, 0.6) is 0 Å². The standard InChI is InChI=1S/C31H38N4O3/c1-20-29(24-6-4-5-7-26(24)32-20)30-25(31(30,2)3)18-28(37)35(23-12-13-23)19-27(36)33-21-8-10-22(11-9-21)34-14-16-38-17-15-34/h4-11,23,25,30,32H,12-19H2,1-3H3,(H,33,36)/t25-,30-/m0/s1. The number of aromatic nitrogens is 1. The second kappa shape index (κ2) is 9.77. The highest BCUT2D eigenvalue weighted by molar-refractivity contribution is 5.95. The van der Waals surface area contributed by atoms with Gasteiger partial charge in [0.05, 0.1) is 13.2 Å². The number of nitrogens with one attached hydrogen (secondary N) is 2. The molecule has 0 unspecified atom stereocenters. The molecule has 3 aromatic rings. The number of benzene rings is 2. The third-order valence-corrected chi connectivity index (χ3v) is 8.85. The van der Waals surface area contributed by atoms with Crippen LogP contribution in [0.15, 0.2) is 48.5 Å². The summed E-state index contributed by atoms with van der Waals surface area (Å²) in [5.74, 6) is 0.569. The maximum atomic E-state index is 13.6. The predicted octanol–water partition coefficient (Wildman–Crippen LogP) is 5.07. The average molecular weight is 515 g/mol. The fourth-order valence-electron chi connectivity index (χ4n) is 6.44. The van der Waals surface area contributed by atoms with Gasteiger partial charge in [-0.05, 0) is 72.9 Å². The Morgan fingerprint density at radius 2 is 1.79 bits per heavy atom. The number of rotatable bonds is 8. The van der Waals surface area contributed by atoms with E-state index in [9.17, 15) is 9.59 Å². The number of morpholine rings is 1. The summed E-state index contributed by atoms with van der Waals surface area (Å²) < 4.78 is 5.43. The summed E-state index contributed by atoms with van der Waals surface area (Å²) in [6.07, 6.45) is 2.44. The molecule has 0 spiro atoms. The Kier molecular flexibility index (Phi) is 6.42. The van der Waals surface area contributed by atoms with E-state index in [2.05, 4.69) is 60.2 Å². The number of nitrogens with zero attached hydrogens (tertiary/aromatic N) is 2. The van der Waals surface area contributed by atoms with Crippen molar-refractivity contribution in [1.29, 1.82) is 0 Å². The van der Waals surface area contributed by atoms with Crippen molar-refractivity contribution in [3.8, 4) is 0 Å². The lowest BCUT2D eigenvalue weighted by Crippen LogP contribution is -2.40. The molecule has 1 saturated heterocycles. The van der Waals surface area contributed by atoms with Gasteiger partial charge in [-0.3, -0.25) is 9.59 Å². The highest BCUT2D eigenvalue weighted by Gasteiger charge is 2.60. The molecule has 2 atom stereocenters. The van der Waals surface area contributed by atoms with Gasteiger partial charge in [-0.15, -0.1) is 0 Å². The highest BCUT2D eigenvalue weighted by Crippen LogP contribution is 2.67. The Balaban J connectivity index is 1.09. The van der Waals surface area contributed by atoms with E-state index in [4.69, 9.17) is 4.74 Å². The second-order valence-electron chi connectivity index (χ2n) is 11.8. The minimum Gasteiger partial charge on any atom is -0.378 e. The van der Waals surface area contributed by atoms with Gasteiger partial charge in [0.1, 0.15) is 6.54 Å². The SMILES string of the molecule is Cc1[nH]c2ccccc2c1[C@@H]1[C@H](CC(=O)N(CC(=O)Nc2ccc(N3CCOCC3)cc2)C2CC2)C1(C)C. The molecule has 2 amide bonds. The number of carbonyl (C=O) groups is 2. The van der Waals surface area contributed by atoms with Crippen molar-refractivity contribution >= 4 is 34.1 Å². The fourth-order valence-corrected chi connectivity index (χ4v) is 6.44. The molecule has 0 radical (unpaired) electrons. The van der Waals surface area contributed by atoms with Crippen molar-refractivity contribution in [2.24, 2.45) is 11.3 Å². The van der Waals surface area contributed by atoms with Crippen LogP contribution >= 0.6 is 0 Å². The second-order valence-corrected chi connectivity index (χ2v) is 11.8. The molecule has 2 aliphatic carbocycles. The number of ether oxygens (including phenoxy) is 1. The Labute approximate surface area is 224 Å². The molecule has 7 heteroatoms. The van der Waals surface area contributed by atoms with E-state index < -0.39 is 0 Å². The lowest BCUT2D eigenvalue weighted by Gasteiger charge is -2.29. The van der Waals surface area contributed by atoms with Gasteiger partial charge in [0.15, 0.2) is 0 Å². The molecule has 2 saturated carbocycles. The van der Waals surface area contributed by atoms with E-state index in [1.54, 1.807) is 0 Å². The number of H-pyrrole nitrogens is 1. The molecule has 1 aliphatic heterocycles. The molecule has 200 valence electrons. The van der Waals surface area contributed by atoms with Crippen LogP contribution in [0.4, 0.5) is 11.4 Å². The van der Waals surface area contributed by atoms with Gasteiger partial charge in [0, 0.05) is 53.5 Å². The first-order valence-electron chi connectivity index (χ1n) is 13.9. The van der Waals surface area contributed by atoms with E-state index in [1.807, 2.05) is 29.2 Å². The number of aromatic amines is 1. The Morgan fingerprint density at radius 1 is 1.08 bits per heavy atom. The van der Waals surface area contributed by atoms with Crippen molar-refractivity contribution in [3.63, 3.8) is 0 Å². The molecule has 3 aliphatic rings. The first-order chi connectivity index (χ1) is 18.3. The number of hydrogen-bond acceptors (Lipinski definition) is 4. The van der Waals surface area contributed by atoms with Crippen molar-refractivity contribution in [1.82, 2.24) is 9.88 Å². The molecule has 0 bridgehead atoms. The molecule has 6 rings (SSSR count). The maximum Gasteiger partial charge on any atom is 0.244 e. The quantitative estimate of drug-likeness (QED) is 0.440. The summed E-state index contributed by atoms with van der Waals surface area (Å²) in [7, 11) is 0. The molecule has 1 aromatic heterocycles. The van der Waals surface area contributed by atoms with Gasteiger partial charge < -0.3 is 24.8 Å². The summed E-state index contributed by atoms with van der Waals surface area (Å²) in [4.78, 5) is 34.2. The molecule has 7 nitrogen and oxygen atoms in total. The molecular weight excluding hydrogens is 476 g/mol. The van der Waals surface area contributed by atoms with Gasteiger partial charge >= 0.3 is 0 Å². The van der Waals surface area contributed by atoms with E-state index in [-0.39, 0.29) is 35.7 Å². The minimum atomic E-state index is -0.136. The maximum absolute atomic E-state index is 13.6. The fraction of sp³-hybridized carbons (Fsp3) is 0.484. The summed E-state index contributed by atoms with van der Waals surface area (Å²) in [5, 5.41) is 4.26. The lowest BCUT2D eigenvalue weighted by atomic mass is 10.0. The van der Waals surface area contributed by atoms with Crippen molar-refractivity contribution in [3.05, 3.63) is 59.8 Å². The van der Waals surface area contributed by atoms with Gasteiger partial charge in [-0.1, -0.05) is 32.0 Å². The van der Waals surface area contributed by atoms with Crippen molar-refractivity contribution < 1.29 is 14.3 Å². The normalized spacial score (nSPS) is 22.3.